The lowest BCUT2D eigenvalue weighted by atomic mass is 9.77. The highest BCUT2D eigenvalue weighted by molar-refractivity contribution is 5.85. The van der Waals surface area contributed by atoms with Crippen molar-refractivity contribution in [2.45, 2.75) is 31.0 Å². The molecule has 3 aromatic rings. The van der Waals surface area contributed by atoms with Crippen LogP contribution in [-0.4, -0.2) is 19.9 Å². The number of halogens is 4. The first-order valence-electron chi connectivity index (χ1n) is 7.73. The van der Waals surface area contributed by atoms with E-state index >= 15 is 0 Å². The Hall–Kier alpha value is -2.39. The van der Waals surface area contributed by atoms with Crippen molar-refractivity contribution in [3.63, 3.8) is 0 Å². The number of hydrogen-bond acceptors (Lipinski definition) is 5. The molecule has 0 bridgehead atoms. The second kappa shape index (κ2) is 6.40. The van der Waals surface area contributed by atoms with E-state index in [4.69, 9.17) is 10.3 Å². The average Bonchev–Trinajstić information content (AvgIpc) is 3.19. The third-order valence-electron chi connectivity index (χ3n) is 4.39. The molecule has 1 aliphatic carbocycles. The third-order valence-corrected chi connectivity index (χ3v) is 4.39. The molecule has 2 N–H and O–H groups in total. The molecule has 1 aromatic carbocycles. The Morgan fingerprint density at radius 3 is 2.42 bits per heavy atom. The SMILES string of the molecule is Cl.NC1(c2noc(-c3cnn(-c4ccccc4)c3C(F)(F)F)n2)CCC1. The van der Waals surface area contributed by atoms with Crippen molar-refractivity contribution in [1.82, 2.24) is 19.9 Å². The molecule has 2 aromatic heterocycles. The van der Waals surface area contributed by atoms with E-state index in [2.05, 4.69) is 15.2 Å². The Morgan fingerprint density at radius 1 is 1.15 bits per heavy atom. The summed E-state index contributed by atoms with van der Waals surface area (Å²) in [6.45, 7) is 0. The van der Waals surface area contributed by atoms with Crippen molar-refractivity contribution < 1.29 is 17.7 Å². The molecule has 26 heavy (non-hydrogen) atoms. The van der Waals surface area contributed by atoms with Crippen LogP contribution in [0.5, 0.6) is 0 Å². The fraction of sp³-hybridized carbons (Fsp3) is 0.312. The topological polar surface area (TPSA) is 82.8 Å². The van der Waals surface area contributed by atoms with Gasteiger partial charge in [0.2, 0.25) is 0 Å². The Morgan fingerprint density at radius 2 is 1.85 bits per heavy atom. The maximum atomic E-state index is 13.7. The molecular formula is C16H15ClF3N5O. The number of nitrogens with two attached hydrogens (primary N) is 1. The minimum Gasteiger partial charge on any atom is -0.334 e. The van der Waals surface area contributed by atoms with Crippen LogP contribution in [0.1, 0.15) is 30.8 Å². The summed E-state index contributed by atoms with van der Waals surface area (Å²) < 4.78 is 46.9. The van der Waals surface area contributed by atoms with Gasteiger partial charge in [-0.05, 0) is 31.4 Å². The summed E-state index contributed by atoms with van der Waals surface area (Å²) in [7, 11) is 0. The Balaban J connectivity index is 0.00000196. The molecule has 1 aliphatic rings. The molecule has 4 rings (SSSR count). The Kier molecular flexibility index (Phi) is 4.53. The van der Waals surface area contributed by atoms with Crippen LogP contribution < -0.4 is 5.73 Å². The maximum absolute atomic E-state index is 13.7. The molecule has 0 aliphatic heterocycles. The van der Waals surface area contributed by atoms with Crippen LogP contribution in [0, 0.1) is 0 Å². The number of benzene rings is 1. The van der Waals surface area contributed by atoms with Crippen LogP contribution in [0.4, 0.5) is 13.2 Å². The zero-order valence-electron chi connectivity index (χ0n) is 13.4. The number of hydrogen-bond donors (Lipinski definition) is 1. The fourth-order valence-corrected chi connectivity index (χ4v) is 2.86. The molecule has 138 valence electrons. The van der Waals surface area contributed by atoms with Crippen LogP contribution in [0.3, 0.4) is 0 Å². The standard InChI is InChI=1S/C16H14F3N5O.ClH/c17-16(18,19)12-11(9-21-24(12)10-5-2-1-3-6-10)13-22-14(23-25-13)15(20)7-4-8-15;/h1-3,5-6,9H,4,7-8,20H2;1H. The average molecular weight is 386 g/mol. The van der Waals surface area contributed by atoms with Crippen LogP contribution in [0.15, 0.2) is 41.1 Å². The minimum atomic E-state index is -4.65. The van der Waals surface area contributed by atoms with E-state index in [1.807, 2.05) is 0 Å². The predicted octanol–water partition coefficient (Wildman–Crippen LogP) is 3.70. The van der Waals surface area contributed by atoms with Crippen molar-refractivity contribution in [3.8, 4) is 17.1 Å². The quantitative estimate of drug-likeness (QED) is 0.743. The number of aromatic nitrogens is 4. The first-order chi connectivity index (χ1) is 11.9. The highest BCUT2D eigenvalue weighted by atomic mass is 35.5. The van der Waals surface area contributed by atoms with Gasteiger partial charge >= 0.3 is 6.18 Å². The highest BCUT2D eigenvalue weighted by Crippen LogP contribution is 2.40. The van der Waals surface area contributed by atoms with Gasteiger partial charge in [-0.1, -0.05) is 23.4 Å². The van der Waals surface area contributed by atoms with Crippen LogP contribution >= 0.6 is 12.4 Å². The van der Waals surface area contributed by atoms with Gasteiger partial charge in [0.15, 0.2) is 11.5 Å². The van der Waals surface area contributed by atoms with E-state index in [1.54, 1.807) is 18.2 Å². The number of alkyl halides is 3. The van der Waals surface area contributed by atoms with Crippen LogP contribution in [0.25, 0.3) is 17.1 Å². The fourth-order valence-electron chi connectivity index (χ4n) is 2.86. The molecule has 0 amide bonds. The molecule has 0 atom stereocenters. The molecule has 1 fully saturated rings. The van der Waals surface area contributed by atoms with Gasteiger partial charge in [0.25, 0.3) is 5.89 Å². The van der Waals surface area contributed by atoms with Crippen LogP contribution in [0.2, 0.25) is 0 Å². The van der Waals surface area contributed by atoms with Crippen molar-refractivity contribution in [1.29, 1.82) is 0 Å². The van der Waals surface area contributed by atoms with Crippen molar-refractivity contribution in [3.05, 3.63) is 48.0 Å². The normalized spacial score (nSPS) is 16.0. The molecule has 0 radical (unpaired) electrons. The summed E-state index contributed by atoms with van der Waals surface area (Å²) >= 11 is 0. The van der Waals surface area contributed by atoms with E-state index in [0.717, 1.165) is 17.3 Å². The van der Waals surface area contributed by atoms with E-state index in [-0.39, 0.29) is 35.4 Å². The summed E-state index contributed by atoms with van der Waals surface area (Å²) in [5, 5.41) is 7.65. The number of rotatable bonds is 3. The van der Waals surface area contributed by atoms with Crippen molar-refractivity contribution in [2.24, 2.45) is 5.73 Å². The highest BCUT2D eigenvalue weighted by Gasteiger charge is 2.42. The van der Waals surface area contributed by atoms with Gasteiger partial charge < -0.3 is 10.3 Å². The van der Waals surface area contributed by atoms with Crippen LogP contribution in [-0.2, 0) is 11.7 Å². The van der Waals surface area contributed by atoms with Gasteiger partial charge in [-0.15, -0.1) is 12.4 Å². The monoisotopic (exact) mass is 385 g/mol. The first kappa shape index (κ1) is 18.4. The molecule has 2 heterocycles. The number of para-hydroxylation sites is 1. The van der Waals surface area contributed by atoms with Gasteiger partial charge in [0, 0.05) is 0 Å². The van der Waals surface area contributed by atoms with Gasteiger partial charge in [-0.2, -0.15) is 23.3 Å². The van der Waals surface area contributed by atoms with E-state index < -0.39 is 17.4 Å². The second-order valence-electron chi connectivity index (χ2n) is 6.08. The van der Waals surface area contributed by atoms with E-state index in [1.165, 1.54) is 12.1 Å². The molecule has 1 saturated carbocycles. The molecule has 0 unspecified atom stereocenters. The van der Waals surface area contributed by atoms with E-state index in [9.17, 15) is 13.2 Å². The Bertz CT molecular complexity index is 902. The lowest BCUT2D eigenvalue weighted by molar-refractivity contribution is -0.142. The maximum Gasteiger partial charge on any atom is 0.434 e. The predicted molar refractivity (Wildman–Crippen MR) is 88.8 cm³/mol. The second-order valence-corrected chi connectivity index (χ2v) is 6.08. The van der Waals surface area contributed by atoms with Crippen molar-refractivity contribution in [2.75, 3.05) is 0 Å². The van der Waals surface area contributed by atoms with Gasteiger partial charge in [-0.3, -0.25) is 0 Å². The lowest BCUT2D eigenvalue weighted by Crippen LogP contribution is -2.44. The largest absolute Gasteiger partial charge is 0.434 e. The molecule has 0 saturated heterocycles. The lowest BCUT2D eigenvalue weighted by Gasteiger charge is -2.34. The zero-order chi connectivity index (χ0) is 17.7. The Labute approximate surface area is 152 Å². The van der Waals surface area contributed by atoms with Gasteiger partial charge in [0.05, 0.1) is 23.0 Å². The van der Waals surface area contributed by atoms with Crippen molar-refractivity contribution >= 4 is 12.4 Å². The third kappa shape index (κ3) is 2.97. The summed E-state index contributed by atoms with van der Waals surface area (Å²) in [4.78, 5) is 4.10. The smallest absolute Gasteiger partial charge is 0.334 e. The summed E-state index contributed by atoms with van der Waals surface area (Å²) in [5.41, 5.74) is 4.45. The minimum absolute atomic E-state index is 0. The van der Waals surface area contributed by atoms with Gasteiger partial charge in [-0.25, -0.2) is 4.68 Å². The molecule has 0 spiro atoms. The van der Waals surface area contributed by atoms with Gasteiger partial charge in [0.1, 0.15) is 0 Å². The summed E-state index contributed by atoms with van der Waals surface area (Å²) in [6.07, 6.45) is -1.27. The summed E-state index contributed by atoms with van der Waals surface area (Å²) in [5.74, 6) is -0.00410. The van der Waals surface area contributed by atoms with E-state index in [0.29, 0.717) is 12.8 Å². The zero-order valence-corrected chi connectivity index (χ0v) is 14.2. The first-order valence-corrected chi connectivity index (χ1v) is 7.73. The molecule has 10 heteroatoms. The molecule has 6 nitrogen and oxygen atoms in total. The molecular weight excluding hydrogens is 371 g/mol. The number of nitrogens with zero attached hydrogens (tertiary/aromatic N) is 4. The summed E-state index contributed by atoms with van der Waals surface area (Å²) in [6, 6.07) is 8.06.